The molecule has 3 N–H and O–H groups in total. The maximum atomic E-state index is 11.9. The first-order valence-electron chi connectivity index (χ1n) is 6.51. The molecule has 0 bridgehead atoms. The summed E-state index contributed by atoms with van der Waals surface area (Å²) in [6.07, 6.45) is 3.54. The fourth-order valence-electron chi connectivity index (χ4n) is 2.44. The van der Waals surface area contributed by atoms with Crippen LogP contribution in [-0.2, 0) is 9.59 Å². The van der Waals surface area contributed by atoms with Crippen molar-refractivity contribution >= 4 is 11.8 Å². The number of amides is 2. The second-order valence-corrected chi connectivity index (χ2v) is 5.00. The topological polar surface area (TPSA) is 70.2 Å². The van der Waals surface area contributed by atoms with Crippen molar-refractivity contribution in [3.05, 3.63) is 0 Å². The largest absolute Gasteiger partial charge is 0.355 e. The van der Waals surface area contributed by atoms with Crippen molar-refractivity contribution in [3.63, 3.8) is 0 Å². The fourth-order valence-corrected chi connectivity index (χ4v) is 2.44. The highest BCUT2D eigenvalue weighted by molar-refractivity contribution is 5.83. The lowest BCUT2D eigenvalue weighted by atomic mass is 9.96. The maximum Gasteiger partial charge on any atom is 0.224 e. The molecule has 2 atom stereocenters. The molecule has 0 saturated carbocycles. The van der Waals surface area contributed by atoms with Crippen molar-refractivity contribution in [2.45, 2.75) is 25.7 Å². The number of carbonyl (C=O) groups excluding carboxylic acids is 2. The molecule has 96 valence electrons. The number of rotatable bonds is 3. The predicted molar refractivity (Wildman–Crippen MR) is 64.3 cm³/mol. The lowest BCUT2D eigenvalue weighted by Gasteiger charge is -2.25. The number of hydrogen-bond acceptors (Lipinski definition) is 3. The first-order valence-corrected chi connectivity index (χ1v) is 6.51. The minimum Gasteiger partial charge on any atom is -0.355 e. The predicted octanol–water partition coefficient (Wildman–Crippen LogP) is -0.372. The molecule has 17 heavy (non-hydrogen) atoms. The first kappa shape index (κ1) is 12.4. The minimum atomic E-state index is -0.0377. The van der Waals surface area contributed by atoms with Crippen LogP contribution in [0.3, 0.4) is 0 Å². The molecule has 0 aliphatic carbocycles. The Balaban J connectivity index is 1.67. The summed E-state index contributed by atoms with van der Waals surface area (Å²) in [6.45, 7) is 3.35. The fraction of sp³-hybridized carbons (Fsp3) is 0.833. The van der Waals surface area contributed by atoms with Crippen LogP contribution in [0.5, 0.6) is 0 Å². The van der Waals surface area contributed by atoms with Crippen LogP contribution in [0.2, 0.25) is 0 Å². The monoisotopic (exact) mass is 239 g/mol. The molecular formula is C12H21N3O2. The molecule has 2 unspecified atom stereocenters. The van der Waals surface area contributed by atoms with E-state index in [1.165, 1.54) is 12.8 Å². The van der Waals surface area contributed by atoms with E-state index in [2.05, 4.69) is 16.0 Å². The molecule has 0 aromatic heterocycles. The molecule has 2 aliphatic heterocycles. The van der Waals surface area contributed by atoms with Gasteiger partial charge in [-0.3, -0.25) is 9.59 Å². The SMILES string of the molecule is O=C1CCC(C(=O)NCC2CCCNC2)CN1. The van der Waals surface area contributed by atoms with Gasteiger partial charge in [-0.15, -0.1) is 0 Å². The van der Waals surface area contributed by atoms with Gasteiger partial charge in [0, 0.05) is 19.5 Å². The summed E-state index contributed by atoms with van der Waals surface area (Å²) in [5.41, 5.74) is 0. The van der Waals surface area contributed by atoms with Crippen LogP contribution in [0.15, 0.2) is 0 Å². The third-order valence-electron chi connectivity index (χ3n) is 3.60. The van der Waals surface area contributed by atoms with Gasteiger partial charge in [0.2, 0.25) is 11.8 Å². The molecule has 5 heteroatoms. The number of carbonyl (C=O) groups is 2. The molecule has 2 fully saturated rings. The zero-order chi connectivity index (χ0) is 12.1. The van der Waals surface area contributed by atoms with E-state index < -0.39 is 0 Å². The van der Waals surface area contributed by atoms with Gasteiger partial charge < -0.3 is 16.0 Å². The van der Waals surface area contributed by atoms with Crippen LogP contribution in [-0.4, -0.2) is 38.0 Å². The van der Waals surface area contributed by atoms with E-state index in [0.717, 1.165) is 19.6 Å². The molecule has 5 nitrogen and oxygen atoms in total. The molecule has 2 rings (SSSR count). The lowest BCUT2D eigenvalue weighted by molar-refractivity contribution is -0.129. The van der Waals surface area contributed by atoms with E-state index in [9.17, 15) is 9.59 Å². The summed E-state index contributed by atoms with van der Waals surface area (Å²) in [6, 6.07) is 0. The van der Waals surface area contributed by atoms with E-state index in [-0.39, 0.29) is 17.7 Å². The second-order valence-electron chi connectivity index (χ2n) is 5.00. The van der Waals surface area contributed by atoms with E-state index in [1.54, 1.807) is 0 Å². The zero-order valence-corrected chi connectivity index (χ0v) is 10.1. The highest BCUT2D eigenvalue weighted by atomic mass is 16.2. The highest BCUT2D eigenvalue weighted by Gasteiger charge is 2.24. The summed E-state index contributed by atoms with van der Waals surface area (Å²) in [7, 11) is 0. The summed E-state index contributed by atoms with van der Waals surface area (Å²) in [5.74, 6) is 0.677. The Morgan fingerprint density at radius 1 is 1.35 bits per heavy atom. The van der Waals surface area contributed by atoms with E-state index in [0.29, 0.717) is 25.3 Å². The Morgan fingerprint density at radius 2 is 2.24 bits per heavy atom. The van der Waals surface area contributed by atoms with E-state index in [4.69, 9.17) is 0 Å². The Hall–Kier alpha value is -1.10. The molecule has 0 spiro atoms. The van der Waals surface area contributed by atoms with Crippen molar-refractivity contribution in [2.75, 3.05) is 26.2 Å². The van der Waals surface area contributed by atoms with Crippen molar-refractivity contribution in [3.8, 4) is 0 Å². The number of nitrogens with one attached hydrogen (secondary N) is 3. The third kappa shape index (κ3) is 3.70. The molecule has 0 aromatic rings. The Labute approximate surface area is 102 Å². The smallest absolute Gasteiger partial charge is 0.224 e. The number of hydrogen-bond donors (Lipinski definition) is 3. The minimum absolute atomic E-state index is 0.0377. The average molecular weight is 239 g/mol. The third-order valence-corrected chi connectivity index (χ3v) is 3.60. The van der Waals surface area contributed by atoms with Gasteiger partial charge >= 0.3 is 0 Å². The molecule has 2 aliphatic rings. The molecule has 2 saturated heterocycles. The average Bonchev–Trinajstić information content (AvgIpc) is 2.38. The van der Waals surface area contributed by atoms with Crippen LogP contribution >= 0.6 is 0 Å². The molecule has 2 amide bonds. The van der Waals surface area contributed by atoms with Gasteiger partial charge in [0.1, 0.15) is 0 Å². The van der Waals surface area contributed by atoms with Crippen molar-refractivity contribution < 1.29 is 9.59 Å². The van der Waals surface area contributed by atoms with Crippen LogP contribution in [0, 0.1) is 11.8 Å². The normalized spacial score (nSPS) is 29.5. The van der Waals surface area contributed by atoms with Crippen LogP contribution in [0.4, 0.5) is 0 Å². The Bertz CT molecular complexity index is 277. The lowest BCUT2D eigenvalue weighted by Crippen LogP contribution is -2.45. The van der Waals surface area contributed by atoms with Crippen molar-refractivity contribution in [2.24, 2.45) is 11.8 Å². The number of piperidine rings is 2. The standard InChI is InChI=1S/C12H21N3O2/c16-11-4-3-10(8-14-11)12(17)15-7-9-2-1-5-13-6-9/h9-10,13H,1-8H2,(H,14,16)(H,15,17). The van der Waals surface area contributed by atoms with Crippen LogP contribution in [0.25, 0.3) is 0 Å². The zero-order valence-electron chi connectivity index (χ0n) is 10.1. The molecule has 0 radical (unpaired) electrons. The Morgan fingerprint density at radius 3 is 2.88 bits per heavy atom. The summed E-state index contributed by atoms with van der Waals surface area (Å²) in [5, 5.41) is 9.08. The van der Waals surface area contributed by atoms with Crippen LogP contribution < -0.4 is 16.0 Å². The molecule has 0 aromatic carbocycles. The Kier molecular flexibility index (Phi) is 4.36. The van der Waals surface area contributed by atoms with E-state index >= 15 is 0 Å². The van der Waals surface area contributed by atoms with Gasteiger partial charge in [-0.1, -0.05) is 0 Å². The molecular weight excluding hydrogens is 218 g/mol. The quantitative estimate of drug-likeness (QED) is 0.629. The summed E-state index contributed by atoms with van der Waals surface area (Å²) < 4.78 is 0. The summed E-state index contributed by atoms with van der Waals surface area (Å²) in [4.78, 5) is 22.8. The summed E-state index contributed by atoms with van der Waals surface area (Å²) >= 11 is 0. The van der Waals surface area contributed by atoms with Crippen molar-refractivity contribution in [1.82, 2.24) is 16.0 Å². The van der Waals surface area contributed by atoms with Gasteiger partial charge in [0.05, 0.1) is 5.92 Å². The van der Waals surface area contributed by atoms with Crippen molar-refractivity contribution in [1.29, 1.82) is 0 Å². The first-order chi connectivity index (χ1) is 8.25. The van der Waals surface area contributed by atoms with Gasteiger partial charge in [-0.05, 0) is 38.3 Å². The highest BCUT2D eigenvalue weighted by Crippen LogP contribution is 2.12. The van der Waals surface area contributed by atoms with Gasteiger partial charge in [-0.25, -0.2) is 0 Å². The van der Waals surface area contributed by atoms with E-state index in [1.807, 2.05) is 0 Å². The molecule has 2 heterocycles. The second kappa shape index (κ2) is 6.00. The maximum absolute atomic E-state index is 11.9. The van der Waals surface area contributed by atoms with Crippen LogP contribution in [0.1, 0.15) is 25.7 Å². The van der Waals surface area contributed by atoms with Gasteiger partial charge in [-0.2, -0.15) is 0 Å². The van der Waals surface area contributed by atoms with Gasteiger partial charge in [0.25, 0.3) is 0 Å². The van der Waals surface area contributed by atoms with Gasteiger partial charge in [0.15, 0.2) is 0 Å².